The molecule has 1 aromatic carbocycles. The number of ether oxygens (including phenoxy) is 1. The Labute approximate surface area is 172 Å². The fourth-order valence-electron chi connectivity index (χ4n) is 3.76. The van der Waals surface area contributed by atoms with Gasteiger partial charge in [-0.2, -0.15) is 0 Å². The van der Waals surface area contributed by atoms with E-state index in [0.717, 1.165) is 43.1 Å². The van der Waals surface area contributed by atoms with Crippen molar-refractivity contribution in [3.63, 3.8) is 0 Å². The molecule has 0 aliphatic carbocycles. The van der Waals surface area contributed by atoms with Crippen LogP contribution in [-0.2, 0) is 22.6 Å². The lowest BCUT2D eigenvalue weighted by Gasteiger charge is -2.35. The molecule has 0 radical (unpaired) electrons. The molecule has 0 spiro atoms. The van der Waals surface area contributed by atoms with Gasteiger partial charge in [-0.25, -0.2) is 4.79 Å². The lowest BCUT2D eigenvalue weighted by atomic mass is 10.1. The zero-order valence-electron chi connectivity index (χ0n) is 17.4. The second-order valence-corrected chi connectivity index (χ2v) is 7.31. The van der Waals surface area contributed by atoms with Gasteiger partial charge in [0.1, 0.15) is 0 Å². The van der Waals surface area contributed by atoms with Crippen LogP contribution in [0.2, 0.25) is 0 Å². The van der Waals surface area contributed by atoms with Crippen molar-refractivity contribution in [3.8, 4) is 0 Å². The summed E-state index contributed by atoms with van der Waals surface area (Å²) in [5, 5.41) is 3.41. The minimum atomic E-state index is -0.247. The van der Waals surface area contributed by atoms with Crippen LogP contribution in [0.1, 0.15) is 30.9 Å². The standard InChI is InChI=1S/C21H31N5O3/c1-3-29-21(28)25-12-10-24(11-13-25)20(22-2)23-15-17-6-4-7-18(14-17)16-26-9-5-8-19(26)27/h4,6-7,14H,3,5,8-13,15-16H2,1-2H3,(H,22,23). The number of hydrogen-bond donors (Lipinski definition) is 1. The van der Waals surface area contributed by atoms with E-state index in [-0.39, 0.29) is 12.0 Å². The number of amides is 2. The van der Waals surface area contributed by atoms with E-state index in [0.29, 0.717) is 39.2 Å². The van der Waals surface area contributed by atoms with Gasteiger partial charge in [0.15, 0.2) is 5.96 Å². The van der Waals surface area contributed by atoms with Gasteiger partial charge in [0.2, 0.25) is 5.91 Å². The van der Waals surface area contributed by atoms with Gasteiger partial charge in [-0.15, -0.1) is 0 Å². The topological polar surface area (TPSA) is 77.5 Å². The van der Waals surface area contributed by atoms with Crippen LogP contribution in [-0.4, -0.2) is 79.0 Å². The number of guanidine groups is 1. The molecule has 2 fully saturated rings. The molecule has 3 rings (SSSR count). The van der Waals surface area contributed by atoms with Gasteiger partial charge in [0.25, 0.3) is 0 Å². The molecule has 2 amide bonds. The van der Waals surface area contributed by atoms with Crippen LogP contribution < -0.4 is 5.32 Å². The maximum Gasteiger partial charge on any atom is 0.409 e. The first-order chi connectivity index (χ1) is 14.1. The average Bonchev–Trinajstić information content (AvgIpc) is 3.14. The normalized spacial score (nSPS) is 17.7. The number of carbonyl (C=O) groups is 2. The van der Waals surface area contributed by atoms with Gasteiger partial charge in [-0.1, -0.05) is 24.3 Å². The maximum absolute atomic E-state index is 11.9. The molecule has 1 N–H and O–H groups in total. The Morgan fingerprint density at radius 1 is 1.14 bits per heavy atom. The summed E-state index contributed by atoms with van der Waals surface area (Å²) >= 11 is 0. The molecule has 0 bridgehead atoms. The summed E-state index contributed by atoms with van der Waals surface area (Å²) in [6.07, 6.45) is 1.38. The van der Waals surface area contributed by atoms with Crippen LogP contribution in [0.4, 0.5) is 4.79 Å². The van der Waals surface area contributed by atoms with Crippen LogP contribution in [0.15, 0.2) is 29.3 Å². The fourth-order valence-corrected chi connectivity index (χ4v) is 3.76. The summed E-state index contributed by atoms with van der Waals surface area (Å²) in [6.45, 7) is 7.09. The zero-order valence-corrected chi connectivity index (χ0v) is 17.4. The molecule has 0 unspecified atom stereocenters. The molecular formula is C21H31N5O3. The van der Waals surface area contributed by atoms with Crippen LogP contribution in [0.25, 0.3) is 0 Å². The first kappa shape index (κ1) is 21.0. The molecule has 1 aromatic rings. The Bertz CT molecular complexity index is 744. The Morgan fingerprint density at radius 3 is 2.52 bits per heavy atom. The van der Waals surface area contributed by atoms with Crippen LogP contribution in [0, 0.1) is 0 Å². The summed E-state index contributed by atoms with van der Waals surface area (Å²) in [6, 6.07) is 8.32. The Balaban J connectivity index is 1.50. The van der Waals surface area contributed by atoms with Crippen molar-refractivity contribution >= 4 is 18.0 Å². The maximum atomic E-state index is 11.9. The van der Waals surface area contributed by atoms with E-state index < -0.39 is 0 Å². The minimum Gasteiger partial charge on any atom is -0.450 e. The molecule has 2 heterocycles. The summed E-state index contributed by atoms with van der Waals surface area (Å²) in [5.74, 6) is 1.07. The molecule has 8 nitrogen and oxygen atoms in total. The zero-order chi connectivity index (χ0) is 20.6. The molecule has 8 heteroatoms. The van der Waals surface area contributed by atoms with Gasteiger partial charge in [0.05, 0.1) is 6.61 Å². The number of piperazine rings is 1. The quantitative estimate of drug-likeness (QED) is 0.600. The van der Waals surface area contributed by atoms with E-state index >= 15 is 0 Å². The summed E-state index contributed by atoms with van der Waals surface area (Å²) in [7, 11) is 1.77. The third-order valence-electron chi connectivity index (χ3n) is 5.30. The average molecular weight is 402 g/mol. The molecule has 2 aliphatic rings. The van der Waals surface area contributed by atoms with E-state index in [2.05, 4.69) is 33.4 Å². The van der Waals surface area contributed by atoms with Crippen molar-refractivity contribution < 1.29 is 14.3 Å². The summed E-state index contributed by atoms with van der Waals surface area (Å²) in [4.78, 5) is 33.9. The third kappa shape index (κ3) is 5.62. The number of aliphatic imine (C=N–C) groups is 1. The van der Waals surface area contributed by atoms with Crippen LogP contribution in [0.3, 0.4) is 0 Å². The van der Waals surface area contributed by atoms with Gasteiger partial charge in [0, 0.05) is 59.3 Å². The highest BCUT2D eigenvalue weighted by Crippen LogP contribution is 2.15. The molecule has 29 heavy (non-hydrogen) atoms. The predicted octanol–water partition coefficient (Wildman–Crippen LogP) is 1.66. The van der Waals surface area contributed by atoms with E-state index in [4.69, 9.17) is 4.74 Å². The fraction of sp³-hybridized carbons (Fsp3) is 0.571. The number of carbonyl (C=O) groups excluding carboxylic acids is 2. The number of rotatable bonds is 5. The highest BCUT2D eigenvalue weighted by atomic mass is 16.6. The molecular weight excluding hydrogens is 370 g/mol. The van der Waals surface area contributed by atoms with Crippen molar-refractivity contribution in [2.45, 2.75) is 32.9 Å². The smallest absolute Gasteiger partial charge is 0.409 e. The lowest BCUT2D eigenvalue weighted by Crippen LogP contribution is -2.53. The predicted molar refractivity (Wildman–Crippen MR) is 111 cm³/mol. The number of nitrogens with one attached hydrogen (secondary N) is 1. The second kappa shape index (κ2) is 10.1. The second-order valence-electron chi connectivity index (χ2n) is 7.31. The third-order valence-corrected chi connectivity index (χ3v) is 5.30. The van der Waals surface area contributed by atoms with E-state index in [1.165, 1.54) is 0 Å². The van der Waals surface area contributed by atoms with Gasteiger partial charge in [-0.3, -0.25) is 9.79 Å². The summed E-state index contributed by atoms with van der Waals surface area (Å²) < 4.78 is 5.07. The van der Waals surface area contributed by atoms with E-state index in [9.17, 15) is 9.59 Å². The molecule has 158 valence electrons. The van der Waals surface area contributed by atoms with Crippen molar-refractivity contribution in [1.29, 1.82) is 0 Å². The van der Waals surface area contributed by atoms with E-state index in [1.54, 1.807) is 11.9 Å². The first-order valence-corrected chi connectivity index (χ1v) is 10.3. The highest BCUT2D eigenvalue weighted by Gasteiger charge is 2.24. The largest absolute Gasteiger partial charge is 0.450 e. The monoisotopic (exact) mass is 401 g/mol. The van der Waals surface area contributed by atoms with Crippen molar-refractivity contribution in [1.82, 2.24) is 20.0 Å². The van der Waals surface area contributed by atoms with Crippen molar-refractivity contribution in [3.05, 3.63) is 35.4 Å². The molecule has 2 aliphatic heterocycles. The van der Waals surface area contributed by atoms with Crippen molar-refractivity contribution in [2.24, 2.45) is 4.99 Å². The minimum absolute atomic E-state index is 0.246. The Morgan fingerprint density at radius 2 is 1.86 bits per heavy atom. The molecule has 2 saturated heterocycles. The SMILES string of the molecule is CCOC(=O)N1CCN(C(=NC)NCc2cccc(CN3CCCC3=O)c2)CC1. The first-order valence-electron chi connectivity index (χ1n) is 10.3. The lowest BCUT2D eigenvalue weighted by molar-refractivity contribution is -0.128. The Kier molecular flexibility index (Phi) is 7.32. The van der Waals surface area contributed by atoms with E-state index in [1.807, 2.05) is 17.9 Å². The Hall–Kier alpha value is -2.77. The molecule has 0 saturated carbocycles. The molecule has 0 atom stereocenters. The highest BCUT2D eigenvalue weighted by molar-refractivity contribution is 5.80. The number of benzene rings is 1. The van der Waals surface area contributed by atoms with Crippen LogP contribution >= 0.6 is 0 Å². The number of hydrogen-bond acceptors (Lipinski definition) is 4. The number of nitrogens with zero attached hydrogens (tertiary/aromatic N) is 4. The van der Waals surface area contributed by atoms with Crippen molar-refractivity contribution in [2.75, 3.05) is 46.4 Å². The molecule has 0 aromatic heterocycles. The summed E-state index contributed by atoms with van der Waals surface area (Å²) in [5.41, 5.74) is 2.30. The number of likely N-dealkylation sites (tertiary alicyclic amines) is 1. The van der Waals surface area contributed by atoms with Gasteiger partial charge >= 0.3 is 6.09 Å². The van der Waals surface area contributed by atoms with Gasteiger partial charge < -0.3 is 24.8 Å². The van der Waals surface area contributed by atoms with Gasteiger partial charge in [-0.05, 0) is 24.5 Å². The van der Waals surface area contributed by atoms with Crippen LogP contribution in [0.5, 0.6) is 0 Å².